The van der Waals surface area contributed by atoms with E-state index in [0.717, 1.165) is 12.0 Å². The normalized spacial score (nSPS) is 34.6. The molecular weight excluding hydrogens is 278 g/mol. The molecule has 2 heterocycles. The Morgan fingerprint density at radius 3 is 2.91 bits per heavy atom. The molecule has 1 aromatic carbocycles. The average Bonchev–Trinajstić information content (AvgIpc) is 3.18. The van der Waals surface area contributed by atoms with E-state index < -0.39 is 0 Å². The molecule has 0 bridgehead atoms. The van der Waals surface area contributed by atoms with Gasteiger partial charge < -0.3 is 9.64 Å². The standard InChI is InChI=1S/C17H23N3O2/c21-17(16-13-7-4-8-14(13)18-19-16)20-9-10-22-15(11-20)12-5-2-1-3-6-12/h1-3,5-6,13-16,18-19H,4,7-11H2. The van der Waals surface area contributed by atoms with Crippen LogP contribution in [0.1, 0.15) is 30.9 Å². The van der Waals surface area contributed by atoms with Crippen LogP contribution in [-0.4, -0.2) is 42.6 Å². The molecule has 22 heavy (non-hydrogen) atoms. The third-order valence-electron chi connectivity index (χ3n) is 5.24. The van der Waals surface area contributed by atoms with Crippen molar-refractivity contribution in [3.63, 3.8) is 0 Å². The zero-order chi connectivity index (χ0) is 14.9. The maximum atomic E-state index is 12.9. The Hall–Kier alpha value is -1.43. The van der Waals surface area contributed by atoms with E-state index in [1.54, 1.807) is 0 Å². The van der Waals surface area contributed by atoms with Gasteiger partial charge in [0.25, 0.3) is 0 Å². The van der Waals surface area contributed by atoms with Gasteiger partial charge in [-0.15, -0.1) is 0 Å². The average molecular weight is 301 g/mol. The summed E-state index contributed by atoms with van der Waals surface area (Å²) in [5, 5.41) is 0. The number of rotatable bonds is 2. The molecule has 3 aliphatic rings. The summed E-state index contributed by atoms with van der Waals surface area (Å²) in [6, 6.07) is 10.6. The van der Waals surface area contributed by atoms with Gasteiger partial charge in [0.05, 0.1) is 13.2 Å². The Morgan fingerprint density at radius 1 is 1.18 bits per heavy atom. The zero-order valence-corrected chi connectivity index (χ0v) is 12.7. The molecule has 0 spiro atoms. The summed E-state index contributed by atoms with van der Waals surface area (Å²) in [5.41, 5.74) is 7.68. The number of amides is 1. The Balaban J connectivity index is 1.45. The zero-order valence-electron chi connectivity index (χ0n) is 12.7. The van der Waals surface area contributed by atoms with Crippen molar-refractivity contribution < 1.29 is 9.53 Å². The van der Waals surface area contributed by atoms with Crippen LogP contribution in [-0.2, 0) is 9.53 Å². The molecule has 118 valence electrons. The van der Waals surface area contributed by atoms with Crippen LogP contribution in [0.4, 0.5) is 0 Å². The topological polar surface area (TPSA) is 53.6 Å². The van der Waals surface area contributed by atoms with E-state index in [1.165, 1.54) is 12.8 Å². The number of carbonyl (C=O) groups excluding carboxylic acids is 1. The first-order chi connectivity index (χ1) is 10.8. The Kier molecular flexibility index (Phi) is 3.86. The molecule has 2 N–H and O–H groups in total. The van der Waals surface area contributed by atoms with Gasteiger partial charge in [-0.2, -0.15) is 0 Å². The molecule has 2 saturated heterocycles. The molecule has 4 atom stereocenters. The molecule has 5 heteroatoms. The number of hydrogen-bond donors (Lipinski definition) is 2. The molecule has 1 aliphatic carbocycles. The van der Waals surface area contributed by atoms with Gasteiger partial charge >= 0.3 is 0 Å². The summed E-state index contributed by atoms with van der Waals surface area (Å²) in [4.78, 5) is 14.9. The lowest BCUT2D eigenvalue weighted by Gasteiger charge is -2.35. The Bertz CT molecular complexity index is 536. The predicted molar refractivity (Wildman–Crippen MR) is 82.9 cm³/mol. The van der Waals surface area contributed by atoms with Crippen LogP contribution in [0.15, 0.2) is 30.3 Å². The minimum absolute atomic E-state index is 0.00682. The van der Waals surface area contributed by atoms with E-state index in [4.69, 9.17) is 4.74 Å². The lowest BCUT2D eigenvalue weighted by Crippen LogP contribution is -2.51. The fourth-order valence-corrected chi connectivity index (χ4v) is 4.03. The number of morpholine rings is 1. The minimum atomic E-state index is -0.0676. The quantitative estimate of drug-likeness (QED) is 0.863. The smallest absolute Gasteiger partial charge is 0.241 e. The van der Waals surface area contributed by atoms with Crippen molar-refractivity contribution in [1.82, 2.24) is 15.8 Å². The summed E-state index contributed by atoms with van der Waals surface area (Å²) in [5.74, 6) is 0.677. The van der Waals surface area contributed by atoms with Crippen molar-refractivity contribution in [3.8, 4) is 0 Å². The predicted octanol–water partition coefficient (Wildman–Crippen LogP) is 1.23. The molecular formula is C17H23N3O2. The Morgan fingerprint density at radius 2 is 2.05 bits per heavy atom. The molecule has 4 unspecified atom stereocenters. The molecule has 0 aromatic heterocycles. The van der Waals surface area contributed by atoms with E-state index in [1.807, 2.05) is 23.1 Å². The van der Waals surface area contributed by atoms with Crippen molar-refractivity contribution in [1.29, 1.82) is 0 Å². The summed E-state index contributed by atoms with van der Waals surface area (Å²) in [6.07, 6.45) is 3.54. The highest BCUT2D eigenvalue weighted by molar-refractivity contribution is 5.83. The van der Waals surface area contributed by atoms with Crippen molar-refractivity contribution in [2.75, 3.05) is 19.7 Å². The van der Waals surface area contributed by atoms with E-state index in [0.29, 0.717) is 31.7 Å². The van der Waals surface area contributed by atoms with E-state index >= 15 is 0 Å². The molecule has 1 saturated carbocycles. The first-order valence-corrected chi connectivity index (χ1v) is 8.29. The third kappa shape index (κ3) is 2.53. The van der Waals surface area contributed by atoms with E-state index in [2.05, 4.69) is 23.0 Å². The number of nitrogens with zero attached hydrogens (tertiary/aromatic N) is 1. The Labute approximate surface area is 131 Å². The van der Waals surface area contributed by atoms with Gasteiger partial charge in [-0.25, -0.2) is 5.43 Å². The number of ether oxygens (including phenoxy) is 1. The molecule has 0 radical (unpaired) electrons. The van der Waals surface area contributed by atoms with Gasteiger partial charge in [0.2, 0.25) is 5.91 Å². The van der Waals surface area contributed by atoms with Crippen LogP contribution in [0.2, 0.25) is 0 Å². The third-order valence-corrected chi connectivity index (χ3v) is 5.24. The first kappa shape index (κ1) is 14.2. The van der Waals surface area contributed by atoms with Gasteiger partial charge in [-0.3, -0.25) is 10.2 Å². The lowest BCUT2D eigenvalue weighted by atomic mass is 9.96. The van der Waals surface area contributed by atoms with E-state index in [9.17, 15) is 4.79 Å². The first-order valence-electron chi connectivity index (χ1n) is 8.29. The largest absolute Gasteiger partial charge is 0.370 e. The number of fused-ring (bicyclic) bond motifs is 1. The van der Waals surface area contributed by atoms with Crippen LogP contribution in [0.5, 0.6) is 0 Å². The van der Waals surface area contributed by atoms with Gasteiger partial charge in [0, 0.05) is 18.5 Å². The maximum absolute atomic E-state index is 12.9. The highest BCUT2D eigenvalue weighted by atomic mass is 16.5. The highest BCUT2D eigenvalue weighted by Crippen LogP contribution is 2.33. The summed E-state index contributed by atoms with van der Waals surface area (Å²) in [7, 11) is 0. The van der Waals surface area contributed by atoms with Crippen molar-refractivity contribution in [3.05, 3.63) is 35.9 Å². The molecule has 1 aromatic rings. The second-order valence-corrected chi connectivity index (χ2v) is 6.52. The summed E-state index contributed by atoms with van der Waals surface area (Å²) < 4.78 is 5.86. The fraction of sp³-hybridized carbons (Fsp3) is 0.588. The number of hydrazine groups is 1. The number of nitrogens with one attached hydrogen (secondary N) is 2. The van der Waals surface area contributed by atoms with Crippen molar-refractivity contribution in [2.45, 2.75) is 37.5 Å². The molecule has 2 aliphatic heterocycles. The monoisotopic (exact) mass is 301 g/mol. The second kappa shape index (κ2) is 5.99. The van der Waals surface area contributed by atoms with Gasteiger partial charge in [-0.1, -0.05) is 36.8 Å². The van der Waals surface area contributed by atoms with Crippen molar-refractivity contribution >= 4 is 5.91 Å². The van der Waals surface area contributed by atoms with Gasteiger partial charge in [0.1, 0.15) is 12.1 Å². The molecule has 4 rings (SSSR count). The van der Waals surface area contributed by atoms with Crippen LogP contribution in [0, 0.1) is 5.92 Å². The van der Waals surface area contributed by atoms with Crippen LogP contribution >= 0.6 is 0 Å². The summed E-state index contributed by atoms with van der Waals surface area (Å²) in [6.45, 7) is 1.95. The number of carbonyl (C=O) groups is 1. The van der Waals surface area contributed by atoms with Gasteiger partial charge in [-0.05, 0) is 18.4 Å². The molecule has 3 fully saturated rings. The fourth-order valence-electron chi connectivity index (χ4n) is 4.03. The number of hydrogen-bond acceptors (Lipinski definition) is 4. The van der Waals surface area contributed by atoms with Crippen LogP contribution in [0.25, 0.3) is 0 Å². The second-order valence-electron chi connectivity index (χ2n) is 6.52. The molecule has 5 nitrogen and oxygen atoms in total. The SMILES string of the molecule is O=C(C1NNC2CCCC21)N1CCOC(c2ccccc2)C1. The van der Waals surface area contributed by atoms with Crippen molar-refractivity contribution in [2.24, 2.45) is 5.92 Å². The van der Waals surface area contributed by atoms with Crippen LogP contribution in [0.3, 0.4) is 0 Å². The number of benzene rings is 1. The highest BCUT2D eigenvalue weighted by Gasteiger charge is 2.44. The minimum Gasteiger partial charge on any atom is -0.370 e. The molecule has 1 amide bonds. The maximum Gasteiger partial charge on any atom is 0.241 e. The lowest BCUT2D eigenvalue weighted by molar-refractivity contribution is -0.142. The van der Waals surface area contributed by atoms with Gasteiger partial charge in [0.15, 0.2) is 0 Å². The van der Waals surface area contributed by atoms with E-state index in [-0.39, 0.29) is 18.1 Å². The summed E-state index contributed by atoms with van der Waals surface area (Å²) >= 11 is 0. The van der Waals surface area contributed by atoms with Crippen LogP contribution < -0.4 is 10.9 Å².